The van der Waals surface area contributed by atoms with Crippen LogP contribution < -0.4 is 5.73 Å². The first-order chi connectivity index (χ1) is 15.3. The number of hydrogen-bond acceptors (Lipinski definition) is 4. The molecular weight excluding hydrogens is 421 g/mol. The molecule has 0 radical (unpaired) electrons. The molecule has 1 aliphatic carbocycles. The molecule has 0 fully saturated rings. The molecule has 32 heavy (non-hydrogen) atoms. The molecule has 1 aromatic carbocycles. The van der Waals surface area contributed by atoms with Crippen molar-refractivity contribution >= 4 is 14.5 Å². The lowest BCUT2D eigenvalue weighted by molar-refractivity contribution is -0.114. The Balaban J connectivity index is 0.000000536. The lowest BCUT2D eigenvalue weighted by atomic mass is 10.0. The molecule has 0 spiro atoms. The second-order valence-electron chi connectivity index (χ2n) is 7.21. The first-order valence-corrected chi connectivity index (χ1v) is 11.7. The minimum Gasteiger partial charge on any atom is -0.366 e. The second-order valence-corrected chi connectivity index (χ2v) is 7.98. The van der Waals surface area contributed by atoms with E-state index in [0.717, 1.165) is 25.7 Å². The summed E-state index contributed by atoms with van der Waals surface area (Å²) in [4.78, 5) is 28.2. The molecule has 0 bridgehead atoms. The molecule has 1 atom stereocenters. The molecule has 2 rings (SSSR count). The van der Waals surface area contributed by atoms with Gasteiger partial charge in [0.2, 0.25) is 5.91 Å². The van der Waals surface area contributed by atoms with Gasteiger partial charge in [-0.25, -0.2) is 0 Å². The van der Waals surface area contributed by atoms with Crippen LogP contribution in [-0.4, -0.2) is 22.3 Å². The zero-order chi connectivity index (χ0) is 24.2. The summed E-state index contributed by atoms with van der Waals surface area (Å²) in [5.41, 5.74) is 8.30. The molecule has 174 valence electrons. The van der Waals surface area contributed by atoms with Crippen molar-refractivity contribution in [2.75, 3.05) is 6.61 Å². The van der Waals surface area contributed by atoms with Crippen molar-refractivity contribution in [2.24, 2.45) is 11.7 Å². The van der Waals surface area contributed by atoms with E-state index in [1.807, 2.05) is 31.2 Å². The van der Waals surface area contributed by atoms with Crippen LogP contribution in [-0.2, 0) is 15.7 Å². The van der Waals surface area contributed by atoms with Crippen molar-refractivity contribution in [1.29, 1.82) is 0 Å². The largest absolute Gasteiger partial charge is 0.366 e. The summed E-state index contributed by atoms with van der Waals surface area (Å²) < 4.78 is 4.78. The number of nitrogens with two attached hydrogens (primary N) is 1. The highest BCUT2D eigenvalue weighted by Gasteiger charge is 2.07. The van der Waals surface area contributed by atoms with Crippen LogP contribution in [0.5, 0.6) is 0 Å². The van der Waals surface area contributed by atoms with Crippen LogP contribution in [0.2, 0.25) is 0 Å². The monoisotopic (exact) mass is 457 g/mol. The van der Waals surface area contributed by atoms with E-state index in [1.165, 1.54) is 11.1 Å². The van der Waals surface area contributed by atoms with E-state index in [1.54, 1.807) is 13.0 Å². The Morgan fingerprint density at radius 2 is 1.78 bits per heavy atom. The lowest BCUT2D eigenvalue weighted by Gasteiger charge is -2.12. The number of terminal acetylenes is 1. The molecule has 1 unspecified atom stereocenters. The molecule has 1 aliphatic rings. The predicted molar refractivity (Wildman–Crippen MR) is 134 cm³/mol. The molecule has 0 heterocycles. The molecule has 1 amide bonds. The summed E-state index contributed by atoms with van der Waals surface area (Å²) in [6.45, 7) is 6.12. The van der Waals surface area contributed by atoms with Gasteiger partial charge >= 0.3 is 8.60 Å². The lowest BCUT2D eigenvalue weighted by Crippen LogP contribution is -2.12. The number of carbonyl (C=O) groups excluding carboxylic acids is 1. The quantitative estimate of drug-likeness (QED) is 0.307. The number of carbonyl (C=O) groups is 1. The van der Waals surface area contributed by atoms with Gasteiger partial charge in [-0.05, 0) is 51.0 Å². The van der Waals surface area contributed by atoms with Crippen molar-refractivity contribution in [1.82, 2.24) is 0 Å². The van der Waals surface area contributed by atoms with Gasteiger partial charge in [-0.1, -0.05) is 79.3 Å². The average Bonchev–Trinajstić information content (AvgIpc) is 2.79. The summed E-state index contributed by atoms with van der Waals surface area (Å²) in [5, 5.41) is 0. The van der Waals surface area contributed by atoms with Crippen LogP contribution >= 0.6 is 8.60 Å². The van der Waals surface area contributed by atoms with E-state index in [2.05, 4.69) is 55.7 Å². The maximum absolute atomic E-state index is 11.0. The van der Waals surface area contributed by atoms with Gasteiger partial charge in [0.05, 0.1) is 6.61 Å². The number of aryl methyl sites for hydroxylation is 1. The van der Waals surface area contributed by atoms with Gasteiger partial charge in [-0.3, -0.25) is 4.79 Å². The first-order valence-electron chi connectivity index (χ1n) is 10.5. The van der Waals surface area contributed by atoms with Crippen LogP contribution in [0, 0.1) is 25.2 Å². The molecule has 0 saturated carbocycles. The van der Waals surface area contributed by atoms with Gasteiger partial charge in [-0.15, -0.1) is 12.3 Å². The van der Waals surface area contributed by atoms with Crippen molar-refractivity contribution in [3.8, 4) is 12.3 Å². The topological polar surface area (TPSA) is 92.8 Å². The average molecular weight is 458 g/mol. The van der Waals surface area contributed by atoms with Gasteiger partial charge in [0.15, 0.2) is 0 Å². The summed E-state index contributed by atoms with van der Waals surface area (Å²) in [6, 6.07) is 8.30. The van der Waals surface area contributed by atoms with Crippen LogP contribution in [0.4, 0.5) is 0 Å². The first kappa shape index (κ1) is 29.5. The Morgan fingerprint density at radius 3 is 2.34 bits per heavy atom. The van der Waals surface area contributed by atoms with Crippen molar-refractivity contribution in [3.63, 3.8) is 0 Å². The SMILES string of the molecule is C#CC.Cc1cccc(CC(C)COP(O)O)c1.NC(=O)C1=C/C/C=C\C/C=C\C/C=C\1. The Kier molecular flexibility index (Phi) is 17.7. The van der Waals surface area contributed by atoms with Gasteiger partial charge < -0.3 is 20.0 Å². The van der Waals surface area contributed by atoms with E-state index in [0.29, 0.717) is 12.2 Å². The highest BCUT2D eigenvalue weighted by atomic mass is 31.2. The zero-order valence-electron chi connectivity index (χ0n) is 19.3. The number of hydrogen-bond donors (Lipinski definition) is 3. The van der Waals surface area contributed by atoms with E-state index >= 15 is 0 Å². The maximum Gasteiger partial charge on any atom is 0.327 e. The number of allylic oxidation sites excluding steroid dienone is 6. The van der Waals surface area contributed by atoms with Gasteiger partial charge in [-0.2, -0.15) is 0 Å². The molecule has 1 aromatic rings. The van der Waals surface area contributed by atoms with Crippen molar-refractivity contribution in [3.05, 3.63) is 83.5 Å². The van der Waals surface area contributed by atoms with Crippen molar-refractivity contribution in [2.45, 2.75) is 46.5 Å². The Labute approximate surface area is 194 Å². The van der Waals surface area contributed by atoms with E-state index in [9.17, 15) is 4.79 Å². The summed E-state index contributed by atoms with van der Waals surface area (Å²) in [6.07, 6.45) is 21.9. The maximum atomic E-state index is 11.0. The van der Waals surface area contributed by atoms with Crippen LogP contribution in [0.3, 0.4) is 0 Å². The minimum absolute atomic E-state index is 0.288. The van der Waals surface area contributed by atoms with Crippen LogP contribution in [0.25, 0.3) is 0 Å². The molecule has 0 saturated heterocycles. The summed E-state index contributed by atoms with van der Waals surface area (Å²) in [7, 11) is -2.21. The number of benzene rings is 1. The predicted octanol–water partition coefficient (Wildman–Crippen LogP) is 5.29. The highest BCUT2D eigenvalue weighted by Crippen LogP contribution is 2.25. The summed E-state index contributed by atoms with van der Waals surface area (Å²) in [5.74, 6) is 2.17. The Morgan fingerprint density at radius 1 is 1.19 bits per heavy atom. The van der Waals surface area contributed by atoms with E-state index < -0.39 is 8.60 Å². The number of amides is 1. The molecule has 4 N–H and O–H groups in total. The van der Waals surface area contributed by atoms with Gasteiger partial charge in [0.25, 0.3) is 0 Å². The molecule has 0 aromatic heterocycles. The van der Waals surface area contributed by atoms with Crippen molar-refractivity contribution < 1.29 is 19.1 Å². The second kappa shape index (κ2) is 19.2. The van der Waals surface area contributed by atoms with E-state index in [-0.39, 0.29) is 11.8 Å². The third kappa shape index (κ3) is 17.2. The van der Waals surface area contributed by atoms with Crippen LogP contribution in [0.1, 0.15) is 44.2 Å². The molecular formula is C26H36NO4P. The number of rotatable bonds is 6. The van der Waals surface area contributed by atoms with Crippen LogP contribution in [0.15, 0.2) is 72.4 Å². The third-order valence-electron chi connectivity index (χ3n) is 4.07. The molecule has 6 heteroatoms. The smallest absolute Gasteiger partial charge is 0.327 e. The highest BCUT2D eigenvalue weighted by molar-refractivity contribution is 7.39. The molecule has 0 aliphatic heterocycles. The number of primary amides is 1. The Hall–Kier alpha value is -2.48. The summed E-state index contributed by atoms with van der Waals surface area (Å²) >= 11 is 0. The fraction of sp³-hybridized carbons (Fsp3) is 0.346. The van der Waals surface area contributed by atoms with Gasteiger partial charge in [0.1, 0.15) is 0 Å². The van der Waals surface area contributed by atoms with E-state index in [4.69, 9.17) is 20.0 Å². The normalized spacial score (nSPS) is 18.6. The van der Waals surface area contributed by atoms with Gasteiger partial charge in [0, 0.05) is 5.57 Å². The zero-order valence-corrected chi connectivity index (χ0v) is 20.2. The third-order valence-corrected chi connectivity index (χ3v) is 4.45. The minimum atomic E-state index is -2.21. The standard InChI is InChI=1S/C12H15NO.C11H17O3P.C3H4/c13-12(14)11-9-7-5-3-1-2-4-6-8-10-11;1-9-4-3-5-11(6-9)7-10(2)8-14-15(12)13;1-3-2/h1,3-4,6-7,9-10H,2,5,8H2,(H2,13,14);3-6,10,12-13H,7-8H2,1-2H3;1H,2H3/b3-1-,6-4-,9-7-,11-10+;;. The fourth-order valence-corrected chi connectivity index (χ4v) is 3.06. The fourth-order valence-electron chi connectivity index (χ4n) is 2.68. The Bertz CT molecular complexity index is 819. The molecule has 5 nitrogen and oxygen atoms in total.